The average Bonchev–Trinajstić information content (AvgIpc) is 4.15. The quantitative estimate of drug-likeness (QED) is 0.145. The summed E-state index contributed by atoms with van der Waals surface area (Å²) in [6.07, 6.45) is 1.97. The highest BCUT2D eigenvalue weighted by atomic mass is 15.3. The molecule has 0 spiro atoms. The van der Waals surface area contributed by atoms with Crippen molar-refractivity contribution in [1.82, 2.24) is 28.9 Å². The first-order valence-corrected chi connectivity index (χ1v) is 24.3. The third kappa shape index (κ3) is 6.86. The van der Waals surface area contributed by atoms with E-state index in [-0.39, 0.29) is 0 Å². The summed E-state index contributed by atoms with van der Waals surface area (Å²) in [5.74, 6) is 0.515. The first kappa shape index (κ1) is 41.2. The molecule has 0 amide bonds. The molecule has 14 aromatic rings. The molecule has 0 N–H and O–H groups in total. The molecule has 7 nitrogen and oxygen atoms in total. The van der Waals surface area contributed by atoms with Crippen LogP contribution in [0.4, 0.5) is 17.1 Å². The third-order valence-electron chi connectivity index (χ3n) is 13.9. The molecule has 0 bridgehead atoms. The number of para-hydroxylation sites is 4. The van der Waals surface area contributed by atoms with Crippen molar-refractivity contribution in [2.24, 2.45) is 0 Å². The minimum atomic E-state index is 0.515. The zero-order valence-electron chi connectivity index (χ0n) is 39.0. The van der Waals surface area contributed by atoms with Crippen molar-refractivity contribution in [3.05, 3.63) is 261 Å². The molecule has 14 rings (SSSR count). The largest absolute Gasteiger partial charge is 0.311 e. The van der Waals surface area contributed by atoms with E-state index in [0.717, 1.165) is 100 Å². The highest BCUT2D eigenvalue weighted by Crippen LogP contribution is 2.42. The van der Waals surface area contributed by atoms with Crippen LogP contribution in [0.2, 0.25) is 0 Å². The Morgan fingerprint density at radius 2 is 0.778 bits per heavy atom. The summed E-state index contributed by atoms with van der Waals surface area (Å²) < 4.78 is 6.65. The van der Waals surface area contributed by atoms with Crippen molar-refractivity contribution < 1.29 is 0 Å². The Morgan fingerprint density at radius 3 is 1.39 bits per heavy atom. The lowest BCUT2D eigenvalue weighted by atomic mass is 10.0. The molecule has 0 aliphatic heterocycles. The summed E-state index contributed by atoms with van der Waals surface area (Å²) in [6, 6.07) is 90.2. The third-order valence-corrected chi connectivity index (χ3v) is 13.9. The van der Waals surface area contributed by atoms with E-state index in [2.05, 4.69) is 232 Å². The van der Waals surface area contributed by atoms with Crippen molar-refractivity contribution in [3.63, 3.8) is 0 Å². The second-order valence-electron chi connectivity index (χ2n) is 18.1. The minimum absolute atomic E-state index is 0.515. The van der Waals surface area contributed by atoms with Crippen LogP contribution in [0.15, 0.2) is 261 Å². The molecular formula is C65H43N7. The van der Waals surface area contributed by atoms with Gasteiger partial charge < -0.3 is 14.0 Å². The summed E-state index contributed by atoms with van der Waals surface area (Å²) >= 11 is 0. The topological polar surface area (TPSA) is 56.7 Å². The average molecular weight is 922 g/mol. The summed E-state index contributed by atoms with van der Waals surface area (Å²) in [5.41, 5.74) is 17.0. The standard InChI is InChI=1S/C65H43N7/c1-6-18-44(19-7-1)58-42-59(45-20-8-2-9-21-45)68-65(67-58)72-63-39-36-54-56-41-47(31-38-62(56)71(50-26-14-5-15-27-50)64(54)57(63)43-66-72)46-30-37-61-55(40-46)53-28-16-17-29-60(53)70(61)52-34-32-51(33-35-52)69(48-22-10-3-11-23-48)49-24-12-4-13-25-49/h1-43H. The van der Waals surface area contributed by atoms with Crippen LogP contribution in [0.25, 0.3) is 105 Å². The molecule has 4 aromatic heterocycles. The highest BCUT2D eigenvalue weighted by molar-refractivity contribution is 6.19. The smallest absolute Gasteiger partial charge is 0.252 e. The van der Waals surface area contributed by atoms with Crippen LogP contribution in [0.1, 0.15) is 0 Å². The van der Waals surface area contributed by atoms with Gasteiger partial charge in [0.2, 0.25) is 0 Å². The Bertz CT molecular complexity index is 4200. The summed E-state index contributed by atoms with van der Waals surface area (Å²) in [5, 5.41) is 10.8. The second-order valence-corrected chi connectivity index (χ2v) is 18.1. The predicted molar refractivity (Wildman–Crippen MR) is 296 cm³/mol. The minimum Gasteiger partial charge on any atom is -0.311 e. The molecule has 0 saturated heterocycles. The summed E-state index contributed by atoms with van der Waals surface area (Å²) in [6.45, 7) is 0. The molecule has 0 atom stereocenters. The van der Waals surface area contributed by atoms with Gasteiger partial charge in [-0.2, -0.15) is 9.78 Å². The van der Waals surface area contributed by atoms with E-state index >= 15 is 0 Å². The number of rotatable bonds is 9. The second kappa shape index (κ2) is 17.0. The molecule has 0 aliphatic carbocycles. The predicted octanol–water partition coefficient (Wildman–Crippen LogP) is 16.5. The molecule has 0 aliphatic rings. The lowest BCUT2D eigenvalue weighted by Gasteiger charge is -2.25. The van der Waals surface area contributed by atoms with E-state index in [1.54, 1.807) is 0 Å². The zero-order valence-corrected chi connectivity index (χ0v) is 39.0. The van der Waals surface area contributed by atoms with Gasteiger partial charge in [-0.1, -0.05) is 146 Å². The van der Waals surface area contributed by atoms with Gasteiger partial charge in [0, 0.05) is 66.5 Å². The van der Waals surface area contributed by atoms with Crippen molar-refractivity contribution in [3.8, 4) is 51.0 Å². The summed E-state index contributed by atoms with van der Waals surface area (Å²) in [7, 11) is 0. The Kier molecular flexibility index (Phi) is 9.70. The fraction of sp³-hybridized carbons (Fsp3) is 0. The molecule has 4 heterocycles. The normalized spacial score (nSPS) is 11.6. The van der Waals surface area contributed by atoms with Gasteiger partial charge in [-0.25, -0.2) is 9.97 Å². The van der Waals surface area contributed by atoms with Gasteiger partial charge in [-0.05, 0) is 120 Å². The van der Waals surface area contributed by atoms with Gasteiger partial charge in [0.15, 0.2) is 0 Å². The Balaban J connectivity index is 0.892. The van der Waals surface area contributed by atoms with Crippen LogP contribution >= 0.6 is 0 Å². The van der Waals surface area contributed by atoms with E-state index in [0.29, 0.717) is 5.95 Å². The molecule has 10 aromatic carbocycles. The van der Waals surface area contributed by atoms with Crippen molar-refractivity contribution in [2.75, 3.05) is 4.90 Å². The van der Waals surface area contributed by atoms with Gasteiger partial charge in [0.1, 0.15) is 0 Å². The maximum absolute atomic E-state index is 5.14. The number of hydrogen-bond acceptors (Lipinski definition) is 4. The zero-order chi connectivity index (χ0) is 47.5. The van der Waals surface area contributed by atoms with Crippen LogP contribution in [-0.2, 0) is 0 Å². The van der Waals surface area contributed by atoms with E-state index in [1.807, 2.05) is 47.3 Å². The molecule has 0 radical (unpaired) electrons. The summed E-state index contributed by atoms with van der Waals surface area (Å²) in [4.78, 5) is 12.6. The number of nitrogens with zero attached hydrogens (tertiary/aromatic N) is 7. The van der Waals surface area contributed by atoms with Crippen LogP contribution in [0.5, 0.6) is 0 Å². The number of fused-ring (bicyclic) bond motifs is 8. The molecular weight excluding hydrogens is 879 g/mol. The molecule has 0 fully saturated rings. The molecule has 7 heteroatoms. The maximum Gasteiger partial charge on any atom is 0.252 e. The number of hydrogen-bond donors (Lipinski definition) is 0. The van der Waals surface area contributed by atoms with E-state index in [4.69, 9.17) is 15.1 Å². The molecule has 0 saturated carbocycles. The van der Waals surface area contributed by atoms with Crippen molar-refractivity contribution in [1.29, 1.82) is 0 Å². The van der Waals surface area contributed by atoms with E-state index < -0.39 is 0 Å². The Labute approximate surface area is 415 Å². The van der Waals surface area contributed by atoms with Gasteiger partial charge in [-0.15, -0.1) is 0 Å². The van der Waals surface area contributed by atoms with E-state index in [9.17, 15) is 0 Å². The van der Waals surface area contributed by atoms with Gasteiger partial charge in [0.25, 0.3) is 5.95 Å². The number of benzene rings is 10. The fourth-order valence-corrected chi connectivity index (χ4v) is 10.6. The number of anilines is 3. The van der Waals surface area contributed by atoms with Crippen LogP contribution in [0.3, 0.4) is 0 Å². The van der Waals surface area contributed by atoms with Gasteiger partial charge in [0.05, 0.1) is 45.2 Å². The monoisotopic (exact) mass is 921 g/mol. The number of aromatic nitrogens is 6. The molecule has 338 valence electrons. The first-order chi connectivity index (χ1) is 35.7. The molecule has 72 heavy (non-hydrogen) atoms. The fourth-order valence-electron chi connectivity index (χ4n) is 10.6. The Hall–Kier alpha value is -9.85. The highest BCUT2D eigenvalue weighted by Gasteiger charge is 2.21. The van der Waals surface area contributed by atoms with Crippen molar-refractivity contribution in [2.45, 2.75) is 0 Å². The lowest BCUT2D eigenvalue weighted by Crippen LogP contribution is -2.09. The van der Waals surface area contributed by atoms with Crippen molar-refractivity contribution >= 4 is 71.6 Å². The lowest BCUT2D eigenvalue weighted by molar-refractivity contribution is 0.836. The maximum atomic E-state index is 5.14. The van der Waals surface area contributed by atoms with Crippen LogP contribution in [-0.4, -0.2) is 28.9 Å². The van der Waals surface area contributed by atoms with Crippen LogP contribution < -0.4 is 4.90 Å². The first-order valence-electron chi connectivity index (χ1n) is 24.3. The molecule has 0 unspecified atom stereocenters. The van der Waals surface area contributed by atoms with E-state index in [1.165, 1.54) is 16.3 Å². The Morgan fingerprint density at radius 1 is 0.306 bits per heavy atom. The van der Waals surface area contributed by atoms with Gasteiger partial charge >= 0.3 is 0 Å². The van der Waals surface area contributed by atoms with Gasteiger partial charge in [-0.3, -0.25) is 0 Å². The SMILES string of the molecule is c1ccc(-c2cc(-c3ccccc3)nc(-n3ncc4c3ccc3c5cc(-c6ccc7c(c6)c6ccccc6n7-c6ccc(N(c7ccccc7)c7ccccc7)cc6)ccc5n(-c5ccccc5)c34)n2)cc1. The van der Waals surface area contributed by atoms with Crippen LogP contribution in [0, 0.1) is 0 Å².